The molecular weight excluding hydrogens is 321 g/mol. The van der Waals surface area contributed by atoms with Gasteiger partial charge in [-0.3, -0.25) is 9.59 Å². The minimum absolute atomic E-state index is 0.0905. The lowest BCUT2D eigenvalue weighted by atomic mass is 10.1. The highest BCUT2D eigenvalue weighted by Gasteiger charge is 2.33. The van der Waals surface area contributed by atoms with Gasteiger partial charge in [0.1, 0.15) is 0 Å². The Balaban J connectivity index is 1.89. The fraction of sp³-hybridized carbons (Fsp3) is 0.176. The first kappa shape index (κ1) is 17.5. The summed E-state index contributed by atoms with van der Waals surface area (Å²) in [5, 5.41) is 4.54. The third-order valence-corrected chi connectivity index (χ3v) is 3.16. The maximum atomic E-state index is 12.8. The summed E-state index contributed by atoms with van der Waals surface area (Å²) in [5.74, 6) is -1.12. The van der Waals surface area contributed by atoms with Gasteiger partial charge in [0, 0.05) is 0 Å². The molecule has 0 aliphatic heterocycles. The van der Waals surface area contributed by atoms with E-state index in [1.165, 1.54) is 12.1 Å². The molecule has 2 rings (SSSR count). The molecule has 0 radical (unpaired) electrons. The normalized spacial score (nSPS) is 11.0. The van der Waals surface area contributed by atoms with E-state index in [0.29, 0.717) is 0 Å². The molecule has 24 heavy (non-hydrogen) atoms. The summed E-state index contributed by atoms with van der Waals surface area (Å²) in [6.07, 6.45) is -4.48. The van der Waals surface area contributed by atoms with Crippen molar-refractivity contribution < 1.29 is 22.8 Å². The Kier molecular flexibility index (Phi) is 5.57. The number of para-hydroxylation sites is 1. The lowest BCUT2D eigenvalue weighted by Gasteiger charge is -2.13. The predicted molar refractivity (Wildman–Crippen MR) is 83.2 cm³/mol. The van der Waals surface area contributed by atoms with Crippen molar-refractivity contribution in [1.82, 2.24) is 5.32 Å². The van der Waals surface area contributed by atoms with Gasteiger partial charge >= 0.3 is 6.18 Å². The first-order valence-corrected chi connectivity index (χ1v) is 7.13. The number of hydrogen-bond donors (Lipinski definition) is 2. The number of nitrogens with one attached hydrogen (secondary N) is 2. The van der Waals surface area contributed by atoms with E-state index in [0.717, 1.165) is 17.7 Å². The molecule has 4 nitrogen and oxygen atoms in total. The summed E-state index contributed by atoms with van der Waals surface area (Å²) >= 11 is 0. The van der Waals surface area contributed by atoms with Gasteiger partial charge in [-0.25, -0.2) is 0 Å². The Hall–Kier alpha value is -2.83. The van der Waals surface area contributed by atoms with Gasteiger partial charge in [-0.2, -0.15) is 13.2 Å². The zero-order valence-electron chi connectivity index (χ0n) is 12.6. The number of hydrogen-bond acceptors (Lipinski definition) is 2. The molecule has 0 atom stereocenters. The van der Waals surface area contributed by atoms with Gasteiger partial charge in [0.25, 0.3) is 0 Å². The van der Waals surface area contributed by atoms with Crippen molar-refractivity contribution in [2.45, 2.75) is 12.6 Å². The monoisotopic (exact) mass is 336 g/mol. The second kappa shape index (κ2) is 7.63. The van der Waals surface area contributed by atoms with Gasteiger partial charge in [0.15, 0.2) is 0 Å². The molecule has 0 heterocycles. The molecular formula is C17H15F3N2O2. The first-order chi connectivity index (χ1) is 11.4. The highest BCUT2D eigenvalue weighted by atomic mass is 19.4. The van der Waals surface area contributed by atoms with Crippen LogP contribution in [-0.2, 0) is 22.2 Å². The maximum Gasteiger partial charge on any atom is 0.418 e. The maximum absolute atomic E-state index is 12.8. The quantitative estimate of drug-likeness (QED) is 0.882. The summed E-state index contributed by atoms with van der Waals surface area (Å²) in [7, 11) is 0. The van der Waals surface area contributed by atoms with Gasteiger partial charge in [0.05, 0.1) is 24.2 Å². The van der Waals surface area contributed by atoms with Gasteiger partial charge in [0.2, 0.25) is 11.8 Å². The second-order valence-corrected chi connectivity index (χ2v) is 5.03. The SMILES string of the molecule is O=C(Cc1ccccc1)NCC(=O)Nc1ccccc1C(F)(F)F. The predicted octanol–water partition coefficient (Wildman–Crippen LogP) is 3.00. The smallest absolute Gasteiger partial charge is 0.347 e. The highest BCUT2D eigenvalue weighted by Crippen LogP contribution is 2.34. The highest BCUT2D eigenvalue weighted by molar-refractivity contribution is 5.95. The van der Waals surface area contributed by atoms with Crippen molar-refractivity contribution in [3.05, 3.63) is 65.7 Å². The van der Waals surface area contributed by atoms with E-state index < -0.39 is 24.2 Å². The van der Waals surface area contributed by atoms with Crippen LogP contribution < -0.4 is 10.6 Å². The van der Waals surface area contributed by atoms with E-state index in [-0.39, 0.29) is 18.0 Å². The van der Waals surface area contributed by atoms with Crippen LogP contribution in [0.15, 0.2) is 54.6 Å². The molecule has 0 aromatic heterocycles. The first-order valence-electron chi connectivity index (χ1n) is 7.13. The number of amides is 2. The molecule has 2 aromatic rings. The van der Waals surface area contributed by atoms with Crippen LogP contribution in [0.3, 0.4) is 0 Å². The molecule has 2 aromatic carbocycles. The van der Waals surface area contributed by atoms with Crippen molar-refractivity contribution in [3.8, 4) is 0 Å². The topological polar surface area (TPSA) is 58.2 Å². The number of alkyl halides is 3. The van der Waals surface area contributed by atoms with Crippen molar-refractivity contribution >= 4 is 17.5 Å². The average molecular weight is 336 g/mol. The van der Waals surface area contributed by atoms with Crippen molar-refractivity contribution in [3.63, 3.8) is 0 Å². The molecule has 0 unspecified atom stereocenters. The molecule has 0 spiro atoms. The Morgan fingerprint density at radius 1 is 0.875 bits per heavy atom. The van der Waals surface area contributed by atoms with Crippen LogP contribution in [0.5, 0.6) is 0 Å². The Morgan fingerprint density at radius 3 is 2.17 bits per heavy atom. The summed E-state index contributed by atoms with van der Waals surface area (Å²) in [6.45, 7) is -0.405. The number of halogens is 3. The van der Waals surface area contributed by atoms with Crippen LogP contribution >= 0.6 is 0 Å². The zero-order chi connectivity index (χ0) is 17.6. The van der Waals surface area contributed by atoms with Crippen LogP contribution in [0.4, 0.5) is 18.9 Å². The largest absolute Gasteiger partial charge is 0.418 e. The van der Waals surface area contributed by atoms with E-state index in [2.05, 4.69) is 10.6 Å². The van der Waals surface area contributed by atoms with Crippen LogP contribution in [0.25, 0.3) is 0 Å². The molecule has 126 valence electrons. The molecule has 7 heteroatoms. The lowest BCUT2D eigenvalue weighted by molar-refractivity contribution is -0.137. The molecule has 0 saturated heterocycles. The summed E-state index contributed by atoms with van der Waals surface area (Å²) in [4.78, 5) is 23.5. The van der Waals surface area contributed by atoms with E-state index in [1.807, 2.05) is 6.07 Å². The number of rotatable bonds is 5. The minimum Gasteiger partial charge on any atom is -0.347 e. The van der Waals surface area contributed by atoms with Crippen molar-refractivity contribution in [1.29, 1.82) is 0 Å². The van der Waals surface area contributed by atoms with Crippen molar-refractivity contribution in [2.24, 2.45) is 0 Å². The molecule has 2 N–H and O–H groups in total. The fourth-order valence-electron chi connectivity index (χ4n) is 2.06. The molecule has 0 aliphatic rings. The summed E-state index contributed by atoms with van der Waals surface area (Å²) in [6, 6.07) is 13.6. The number of anilines is 1. The Labute approximate surface area is 136 Å². The van der Waals surface area contributed by atoms with Crippen LogP contribution in [0.1, 0.15) is 11.1 Å². The molecule has 0 fully saturated rings. The van der Waals surface area contributed by atoms with Gasteiger partial charge in [-0.05, 0) is 17.7 Å². The Morgan fingerprint density at radius 2 is 1.50 bits per heavy atom. The van der Waals surface area contributed by atoms with Crippen LogP contribution in [0, 0.1) is 0 Å². The van der Waals surface area contributed by atoms with E-state index in [1.54, 1.807) is 24.3 Å². The lowest BCUT2D eigenvalue weighted by Crippen LogP contribution is -2.34. The van der Waals surface area contributed by atoms with Gasteiger partial charge in [-0.15, -0.1) is 0 Å². The molecule has 0 bridgehead atoms. The molecule has 0 saturated carbocycles. The fourth-order valence-corrected chi connectivity index (χ4v) is 2.06. The molecule has 0 aliphatic carbocycles. The minimum atomic E-state index is -4.57. The van der Waals surface area contributed by atoms with E-state index in [9.17, 15) is 22.8 Å². The standard InChI is InChI=1S/C17H15F3N2O2/c18-17(19,20)13-8-4-5-9-14(13)22-16(24)11-21-15(23)10-12-6-2-1-3-7-12/h1-9H,10-11H2,(H,21,23)(H,22,24). The number of carbonyl (C=O) groups is 2. The summed E-state index contributed by atoms with van der Waals surface area (Å²) in [5.41, 5.74) is -0.501. The summed E-state index contributed by atoms with van der Waals surface area (Å²) < 4.78 is 38.5. The van der Waals surface area contributed by atoms with E-state index in [4.69, 9.17) is 0 Å². The number of benzene rings is 2. The second-order valence-electron chi connectivity index (χ2n) is 5.03. The van der Waals surface area contributed by atoms with Crippen LogP contribution in [-0.4, -0.2) is 18.4 Å². The zero-order valence-corrected chi connectivity index (χ0v) is 12.6. The third-order valence-electron chi connectivity index (χ3n) is 3.16. The average Bonchev–Trinajstić information content (AvgIpc) is 2.53. The van der Waals surface area contributed by atoms with E-state index >= 15 is 0 Å². The van der Waals surface area contributed by atoms with Crippen molar-refractivity contribution in [2.75, 3.05) is 11.9 Å². The third kappa shape index (κ3) is 5.12. The Bertz CT molecular complexity index is 715. The number of carbonyl (C=O) groups excluding carboxylic acids is 2. The van der Waals surface area contributed by atoms with Crippen LogP contribution in [0.2, 0.25) is 0 Å². The molecule has 2 amide bonds. The van der Waals surface area contributed by atoms with Gasteiger partial charge < -0.3 is 10.6 Å². The van der Waals surface area contributed by atoms with Gasteiger partial charge in [-0.1, -0.05) is 42.5 Å².